The molecular weight excluding hydrogens is 498 g/mol. The highest BCUT2D eigenvalue weighted by Crippen LogP contribution is 2.28. The molecule has 4 rings (SSSR count). The Balaban J connectivity index is 0.000000520. The standard InChI is InChI=1S/C28H24ClN3.C7H8/c1-4-9-20(10-5-2)27(30)32-28(31-3)25-15-7-13-23(18-25)21-11-6-12-22(17-21)24-14-8-16-26(29)19-24;1-7-5-3-2-4-6-7/h4-19,30H,1,3H2,2H3;2-6H,1H3/b10-5-,20-9+,30-27?,32-28?;. The third-order valence-electron chi connectivity index (χ3n) is 5.70. The molecule has 4 heteroatoms. The topological polar surface area (TPSA) is 48.6 Å². The molecule has 0 amide bonds. The predicted octanol–water partition coefficient (Wildman–Crippen LogP) is 9.78. The average Bonchev–Trinajstić information content (AvgIpc) is 2.96. The summed E-state index contributed by atoms with van der Waals surface area (Å²) in [5, 5.41) is 9.05. The van der Waals surface area contributed by atoms with Crippen molar-refractivity contribution < 1.29 is 0 Å². The molecule has 39 heavy (non-hydrogen) atoms. The van der Waals surface area contributed by atoms with Crippen LogP contribution in [0.5, 0.6) is 0 Å². The zero-order valence-electron chi connectivity index (χ0n) is 22.3. The van der Waals surface area contributed by atoms with Crippen LogP contribution in [0.15, 0.2) is 150 Å². The number of aryl methyl sites for hydroxylation is 1. The molecule has 0 atom stereocenters. The van der Waals surface area contributed by atoms with Gasteiger partial charge in [0.05, 0.1) is 0 Å². The second kappa shape index (κ2) is 15.0. The van der Waals surface area contributed by atoms with E-state index in [0.29, 0.717) is 16.4 Å². The maximum Gasteiger partial charge on any atom is 0.161 e. The van der Waals surface area contributed by atoms with Crippen LogP contribution < -0.4 is 0 Å². The fourth-order valence-electron chi connectivity index (χ4n) is 3.80. The first-order chi connectivity index (χ1) is 18.9. The van der Waals surface area contributed by atoms with Crippen molar-refractivity contribution in [3.63, 3.8) is 0 Å². The highest BCUT2D eigenvalue weighted by molar-refractivity contribution is 6.30. The van der Waals surface area contributed by atoms with E-state index in [2.05, 4.69) is 60.5 Å². The molecule has 0 bridgehead atoms. The first-order valence-corrected chi connectivity index (χ1v) is 12.9. The van der Waals surface area contributed by atoms with E-state index in [1.165, 1.54) is 5.56 Å². The number of halogens is 1. The predicted molar refractivity (Wildman–Crippen MR) is 170 cm³/mol. The van der Waals surface area contributed by atoms with Crippen LogP contribution in [0.2, 0.25) is 5.02 Å². The second-order valence-corrected chi connectivity index (χ2v) is 9.06. The summed E-state index contributed by atoms with van der Waals surface area (Å²) in [6.07, 6.45) is 7.04. The van der Waals surface area contributed by atoms with Gasteiger partial charge in [0, 0.05) is 16.2 Å². The Hall–Kier alpha value is -4.60. The Morgan fingerprint density at radius 2 is 1.38 bits per heavy atom. The van der Waals surface area contributed by atoms with Crippen LogP contribution in [0, 0.1) is 12.3 Å². The molecule has 0 heterocycles. The number of amidine groups is 2. The van der Waals surface area contributed by atoms with Crippen molar-refractivity contribution in [1.29, 1.82) is 5.41 Å². The molecule has 0 unspecified atom stereocenters. The highest BCUT2D eigenvalue weighted by atomic mass is 35.5. The van der Waals surface area contributed by atoms with E-state index < -0.39 is 0 Å². The Morgan fingerprint density at radius 1 is 0.795 bits per heavy atom. The van der Waals surface area contributed by atoms with Gasteiger partial charge in [-0.25, -0.2) is 9.98 Å². The van der Waals surface area contributed by atoms with Gasteiger partial charge >= 0.3 is 0 Å². The van der Waals surface area contributed by atoms with Gasteiger partial charge in [-0.1, -0.05) is 127 Å². The monoisotopic (exact) mass is 529 g/mol. The van der Waals surface area contributed by atoms with Gasteiger partial charge in [-0.3, -0.25) is 5.41 Å². The van der Waals surface area contributed by atoms with Gasteiger partial charge in [-0.2, -0.15) is 0 Å². The molecule has 0 aromatic heterocycles. The van der Waals surface area contributed by atoms with Crippen LogP contribution in [-0.4, -0.2) is 18.4 Å². The highest BCUT2D eigenvalue weighted by Gasteiger charge is 2.08. The van der Waals surface area contributed by atoms with Gasteiger partial charge in [0.25, 0.3) is 0 Å². The van der Waals surface area contributed by atoms with Crippen LogP contribution in [-0.2, 0) is 0 Å². The third-order valence-corrected chi connectivity index (χ3v) is 5.93. The molecule has 3 nitrogen and oxygen atoms in total. The fourth-order valence-corrected chi connectivity index (χ4v) is 3.99. The number of nitrogens with zero attached hydrogens (tertiary/aromatic N) is 2. The lowest BCUT2D eigenvalue weighted by molar-refractivity contribution is 1.40. The fraction of sp³-hybridized carbons (Fsp3) is 0.0571. The Bertz CT molecular complexity index is 1530. The molecule has 0 aliphatic heterocycles. The summed E-state index contributed by atoms with van der Waals surface area (Å²) in [5.74, 6) is 0.487. The lowest BCUT2D eigenvalue weighted by Crippen LogP contribution is -2.04. The number of allylic oxidation sites excluding steroid dienone is 3. The minimum absolute atomic E-state index is 0.0961. The number of rotatable bonds is 6. The molecule has 0 radical (unpaired) electrons. The molecule has 0 fully saturated rings. The molecule has 1 N–H and O–H groups in total. The van der Waals surface area contributed by atoms with Gasteiger partial charge in [0.1, 0.15) is 0 Å². The molecular formula is C35H32ClN3. The molecule has 4 aromatic carbocycles. The van der Waals surface area contributed by atoms with Crippen LogP contribution >= 0.6 is 11.6 Å². The molecule has 0 aliphatic rings. The quantitative estimate of drug-likeness (QED) is 0.147. The van der Waals surface area contributed by atoms with Gasteiger partial charge < -0.3 is 0 Å². The summed E-state index contributed by atoms with van der Waals surface area (Å²) in [6.45, 7) is 11.3. The van der Waals surface area contributed by atoms with Crippen LogP contribution in [0.1, 0.15) is 18.1 Å². The minimum atomic E-state index is 0.0961. The Kier molecular flexibility index (Phi) is 11.1. The SMILES string of the molecule is C=C/C=C(\C=C/C)C(=N)N=C(N=C)c1cccc(-c2cccc(-c3cccc(Cl)c3)c2)c1.Cc1ccccc1. The molecule has 0 spiro atoms. The number of aliphatic imine (C=N–C) groups is 2. The summed E-state index contributed by atoms with van der Waals surface area (Å²) in [6, 6.07) is 34.2. The molecule has 4 aromatic rings. The molecule has 194 valence electrons. The van der Waals surface area contributed by atoms with E-state index >= 15 is 0 Å². The maximum absolute atomic E-state index is 8.34. The smallest absolute Gasteiger partial charge is 0.161 e. The van der Waals surface area contributed by atoms with E-state index in [0.717, 1.165) is 27.8 Å². The van der Waals surface area contributed by atoms with Crippen molar-refractivity contribution in [1.82, 2.24) is 0 Å². The largest absolute Gasteiger partial charge is 0.282 e. The Labute approximate surface area is 236 Å². The van der Waals surface area contributed by atoms with Crippen LogP contribution in [0.25, 0.3) is 22.3 Å². The van der Waals surface area contributed by atoms with Crippen molar-refractivity contribution in [2.24, 2.45) is 9.98 Å². The zero-order chi connectivity index (χ0) is 28.0. The summed E-state index contributed by atoms with van der Waals surface area (Å²) in [5.41, 5.74) is 6.97. The normalized spacial score (nSPS) is 11.5. The lowest BCUT2D eigenvalue weighted by atomic mass is 9.98. The van der Waals surface area contributed by atoms with Gasteiger partial charge in [0.2, 0.25) is 0 Å². The van der Waals surface area contributed by atoms with Crippen molar-refractivity contribution in [2.45, 2.75) is 13.8 Å². The molecule has 0 saturated heterocycles. The number of benzene rings is 4. The van der Waals surface area contributed by atoms with Gasteiger partial charge in [-0.05, 0) is 67.1 Å². The number of nitrogens with one attached hydrogen (secondary N) is 1. The maximum atomic E-state index is 8.34. The van der Waals surface area contributed by atoms with E-state index in [9.17, 15) is 0 Å². The lowest BCUT2D eigenvalue weighted by Gasteiger charge is -2.09. The molecule has 0 aliphatic carbocycles. The van der Waals surface area contributed by atoms with Crippen molar-refractivity contribution in [3.8, 4) is 22.3 Å². The van der Waals surface area contributed by atoms with Crippen molar-refractivity contribution in [3.05, 3.63) is 156 Å². The minimum Gasteiger partial charge on any atom is -0.282 e. The van der Waals surface area contributed by atoms with Crippen molar-refractivity contribution in [2.75, 3.05) is 0 Å². The first kappa shape index (κ1) is 29.0. The average molecular weight is 530 g/mol. The zero-order valence-corrected chi connectivity index (χ0v) is 23.1. The summed E-state index contributed by atoms with van der Waals surface area (Å²) in [7, 11) is 0. The summed E-state index contributed by atoms with van der Waals surface area (Å²) in [4.78, 5) is 8.48. The van der Waals surface area contributed by atoms with E-state index in [4.69, 9.17) is 17.0 Å². The Morgan fingerprint density at radius 3 is 1.92 bits per heavy atom. The van der Waals surface area contributed by atoms with E-state index in [-0.39, 0.29) is 5.84 Å². The van der Waals surface area contributed by atoms with Gasteiger partial charge in [-0.15, -0.1) is 0 Å². The third kappa shape index (κ3) is 8.74. The number of hydrogen-bond acceptors (Lipinski definition) is 1. The van der Waals surface area contributed by atoms with Crippen LogP contribution in [0.3, 0.4) is 0 Å². The summed E-state index contributed by atoms with van der Waals surface area (Å²) >= 11 is 6.17. The number of hydrogen-bond donors (Lipinski definition) is 1. The van der Waals surface area contributed by atoms with E-state index in [1.807, 2.05) is 91.9 Å². The van der Waals surface area contributed by atoms with Crippen molar-refractivity contribution >= 4 is 30.0 Å². The summed E-state index contributed by atoms with van der Waals surface area (Å²) < 4.78 is 0. The van der Waals surface area contributed by atoms with Gasteiger partial charge in [0.15, 0.2) is 11.7 Å². The molecule has 0 saturated carbocycles. The van der Waals surface area contributed by atoms with E-state index in [1.54, 1.807) is 12.2 Å². The van der Waals surface area contributed by atoms with Crippen LogP contribution in [0.4, 0.5) is 0 Å². The second-order valence-electron chi connectivity index (χ2n) is 8.63. The first-order valence-electron chi connectivity index (χ1n) is 12.5.